The van der Waals surface area contributed by atoms with Crippen molar-refractivity contribution in [1.82, 2.24) is 4.31 Å². The molecule has 3 rings (SSSR count). The number of benzene rings is 2. The van der Waals surface area contributed by atoms with Crippen LogP contribution in [0.25, 0.3) is 0 Å². The van der Waals surface area contributed by atoms with Gasteiger partial charge < -0.3 is 14.2 Å². The minimum absolute atomic E-state index is 0.0283. The molecule has 0 spiro atoms. The number of esters is 1. The highest BCUT2D eigenvalue weighted by Gasteiger charge is 2.26. The van der Waals surface area contributed by atoms with Crippen LogP contribution < -0.4 is 4.74 Å². The van der Waals surface area contributed by atoms with Crippen molar-refractivity contribution >= 4 is 16.0 Å². The first-order valence-electron chi connectivity index (χ1n) is 10.3. The van der Waals surface area contributed by atoms with E-state index in [1.807, 2.05) is 25.1 Å². The Morgan fingerprint density at radius 2 is 1.87 bits per heavy atom. The zero-order chi connectivity index (χ0) is 22.4. The number of nitrogens with zero attached hydrogens (tertiary/aromatic N) is 1. The number of carbonyl (C=O) groups is 1. The smallest absolute Gasteiger partial charge is 0.344 e. The second-order valence-electron chi connectivity index (χ2n) is 7.81. The van der Waals surface area contributed by atoms with E-state index in [1.54, 1.807) is 18.2 Å². The molecule has 0 radical (unpaired) electrons. The molecule has 0 atom stereocenters. The number of ether oxygens (including phenoxy) is 3. The first-order valence-corrected chi connectivity index (χ1v) is 11.8. The predicted octanol–water partition coefficient (Wildman–Crippen LogP) is 3.26. The van der Waals surface area contributed by atoms with Crippen molar-refractivity contribution in [2.24, 2.45) is 0 Å². The van der Waals surface area contributed by atoms with E-state index in [0.717, 1.165) is 11.1 Å². The summed E-state index contributed by atoms with van der Waals surface area (Å²) in [5.41, 5.74) is 2.67. The van der Waals surface area contributed by atoms with E-state index < -0.39 is 16.0 Å². The Morgan fingerprint density at radius 1 is 1.13 bits per heavy atom. The Bertz CT molecular complexity index is 1010. The van der Waals surface area contributed by atoms with Gasteiger partial charge in [-0.2, -0.15) is 4.31 Å². The van der Waals surface area contributed by atoms with Gasteiger partial charge in [-0.15, -0.1) is 0 Å². The van der Waals surface area contributed by atoms with Gasteiger partial charge >= 0.3 is 5.97 Å². The Labute approximate surface area is 184 Å². The quantitative estimate of drug-likeness (QED) is 0.578. The van der Waals surface area contributed by atoms with Crippen LogP contribution in [-0.4, -0.2) is 51.6 Å². The van der Waals surface area contributed by atoms with Gasteiger partial charge in [0.2, 0.25) is 10.0 Å². The highest BCUT2D eigenvalue weighted by molar-refractivity contribution is 7.89. The molecule has 0 N–H and O–H groups in total. The largest absolute Gasteiger partial charge is 0.482 e. The van der Waals surface area contributed by atoms with Gasteiger partial charge in [0.25, 0.3) is 0 Å². The van der Waals surface area contributed by atoms with Crippen molar-refractivity contribution in [3.8, 4) is 5.75 Å². The molecule has 1 fully saturated rings. The summed E-state index contributed by atoms with van der Waals surface area (Å²) in [4.78, 5) is 12.4. The minimum Gasteiger partial charge on any atom is -0.482 e. The third-order valence-corrected chi connectivity index (χ3v) is 6.94. The topological polar surface area (TPSA) is 82.1 Å². The molecule has 0 aliphatic carbocycles. The van der Waals surface area contributed by atoms with Crippen molar-refractivity contribution in [1.29, 1.82) is 0 Å². The van der Waals surface area contributed by atoms with E-state index in [9.17, 15) is 13.2 Å². The summed E-state index contributed by atoms with van der Waals surface area (Å²) in [6.45, 7) is 7.28. The summed E-state index contributed by atoms with van der Waals surface area (Å²) in [6, 6.07) is 12.4. The van der Waals surface area contributed by atoms with E-state index in [2.05, 4.69) is 13.8 Å². The van der Waals surface area contributed by atoms with Crippen LogP contribution in [0.3, 0.4) is 0 Å². The van der Waals surface area contributed by atoms with Gasteiger partial charge in [-0.25, -0.2) is 13.2 Å². The van der Waals surface area contributed by atoms with Crippen LogP contribution in [0.1, 0.15) is 36.5 Å². The lowest BCUT2D eigenvalue weighted by molar-refractivity contribution is -0.147. The highest BCUT2D eigenvalue weighted by atomic mass is 32.2. The molecule has 1 aliphatic heterocycles. The predicted molar refractivity (Wildman–Crippen MR) is 117 cm³/mol. The number of hydrogen-bond acceptors (Lipinski definition) is 6. The van der Waals surface area contributed by atoms with E-state index >= 15 is 0 Å². The second-order valence-corrected chi connectivity index (χ2v) is 9.75. The molecule has 0 bridgehead atoms. The molecule has 2 aromatic carbocycles. The van der Waals surface area contributed by atoms with E-state index in [0.29, 0.717) is 37.6 Å². The van der Waals surface area contributed by atoms with Gasteiger partial charge in [-0.05, 0) is 47.7 Å². The number of carbonyl (C=O) groups excluding carboxylic acids is 1. The summed E-state index contributed by atoms with van der Waals surface area (Å²) >= 11 is 0. The number of hydrogen-bond donors (Lipinski definition) is 0. The molecule has 1 heterocycles. The molecule has 8 heteroatoms. The average Bonchev–Trinajstić information content (AvgIpc) is 2.77. The van der Waals surface area contributed by atoms with E-state index in [-0.39, 0.29) is 24.0 Å². The maximum absolute atomic E-state index is 12.8. The molecule has 0 saturated carbocycles. The van der Waals surface area contributed by atoms with Gasteiger partial charge in [-0.3, -0.25) is 0 Å². The Hall–Kier alpha value is -2.42. The van der Waals surface area contributed by atoms with Gasteiger partial charge in [0.05, 0.1) is 18.1 Å². The molecule has 0 amide bonds. The molecule has 1 aliphatic rings. The van der Waals surface area contributed by atoms with E-state index in [1.165, 1.54) is 10.4 Å². The Morgan fingerprint density at radius 3 is 2.58 bits per heavy atom. The van der Waals surface area contributed by atoms with Crippen LogP contribution in [0.2, 0.25) is 0 Å². The minimum atomic E-state index is -3.60. The Kier molecular flexibility index (Phi) is 7.69. The maximum atomic E-state index is 12.8. The van der Waals surface area contributed by atoms with Crippen LogP contribution in [0.4, 0.5) is 0 Å². The van der Waals surface area contributed by atoms with Gasteiger partial charge in [-0.1, -0.05) is 38.1 Å². The van der Waals surface area contributed by atoms with Crippen molar-refractivity contribution < 1.29 is 27.4 Å². The number of sulfonamides is 1. The zero-order valence-electron chi connectivity index (χ0n) is 18.2. The molecule has 2 aromatic rings. The molecule has 7 nitrogen and oxygen atoms in total. The fourth-order valence-electron chi connectivity index (χ4n) is 3.32. The molecular formula is C23H29NO6S. The monoisotopic (exact) mass is 447 g/mol. The summed E-state index contributed by atoms with van der Waals surface area (Å²) in [7, 11) is -3.60. The van der Waals surface area contributed by atoms with Gasteiger partial charge in [0.1, 0.15) is 12.4 Å². The normalized spacial score (nSPS) is 15.1. The summed E-state index contributed by atoms with van der Waals surface area (Å²) in [5.74, 6) is 0.422. The lowest BCUT2D eigenvalue weighted by Crippen LogP contribution is -2.40. The lowest BCUT2D eigenvalue weighted by atomic mass is 10.0. The lowest BCUT2D eigenvalue weighted by Gasteiger charge is -2.26. The van der Waals surface area contributed by atoms with Crippen LogP contribution >= 0.6 is 0 Å². The Balaban J connectivity index is 1.59. The SMILES string of the molecule is Cc1ccc(C(C)C)c(OCC(=O)OCc2cccc(S(=O)(=O)N3CCOCC3)c2)c1. The fraction of sp³-hybridized carbons (Fsp3) is 0.435. The molecule has 1 saturated heterocycles. The van der Waals surface area contributed by atoms with Gasteiger partial charge in [0.15, 0.2) is 6.61 Å². The van der Waals surface area contributed by atoms with E-state index in [4.69, 9.17) is 14.2 Å². The third-order valence-electron chi connectivity index (χ3n) is 5.04. The maximum Gasteiger partial charge on any atom is 0.344 e. The highest BCUT2D eigenvalue weighted by Crippen LogP contribution is 2.27. The van der Waals surface area contributed by atoms with Crippen LogP contribution in [0, 0.1) is 6.92 Å². The number of morpholine rings is 1. The summed E-state index contributed by atoms with van der Waals surface area (Å²) < 4.78 is 43.2. The molecule has 168 valence electrons. The van der Waals surface area contributed by atoms with Gasteiger partial charge in [0, 0.05) is 13.1 Å². The standard InChI is InChI=1S/C23H29NO6S/c1-17(2)21-8-7-18(3)13-22(21)29-16-23(25)30-15-19-5-4-6-20(14-19)31(26,27)24-9-11-28-12-10-24/h4-8,13-14,17H,9-12,15-16H2,1-3H3. The molecule has 31 heavy (non-hydrogen) atoms. The van der Waals surface area contributed by atoms with Crippen molar-refractivity contribution in [2.75, 3.05) is 32.9 Å². The van der Waals surface area contributed by atoms with Crippen LogP contribution in [0.5, 0.6) is 5.75 Å². The summed E-state index contributed by atoms with van der Waals surface area (Å²) in [6.07, 6.45) is 0. The third kappa shape index (κ3) is 6.06. The first kappa shape index (κ1) is 23.2. The number of rotatable bonds is 8. The fourth-order valence-corrected chi connectivity index (χ4v) is 4.80. The van der Waals surface area contributed by atoms with Crippen LogP contribution in [0.15, 0.2) is 47.4 Å². The zero-order valence-corrected chi connectivity index (χ0v) is 19.0. The average molecular weight is 448 g/mol. The van der Waals surface area contributed by atoms with Crippen molar-refractivity contribution in [3.63, 3.8) is 0 Å². The molecular weight excluding hydrogens is 418 g/mol. The number of aryl methyl sites for hydroxylation is 1. The molecule has 0 unspecified atom stereocenters. The first-order chi connectivity index (χ1) is 14.8. The van der Waals surface area contributed by atoms with Crippen molar-refractivity contribution in [2.45, 2.75) is 38.2 Å². The second kappa shape index (κ2) is 10.3. The van der Waals surface area contributed by atoms with Crippen molar-refractivity contribution in [3.05, 3.63) is 59.2 Å². The van der Waals surface area contributed by atoms with Crippen LogP contribution in [-0.2, 0) is 30.9 Å². The summed E-state index contributed by atoms with van der Waals surface area (Å²) in [5, 5.41) is 0. The molecule has 0 aromatic heterocycles.